The third-order valence-corrected chi connectivity index (χ3v) is 4.36. The van der Waals surface area contributed by atoms with Crippen LogP contribution in [0, 0.1) is 0 Å². The molecule has 0 heterocycles. The first-order chi connectivity index (χ1) is 11.2. The summed E-state index contributed by atoms with van der Waals surface area (Å²) in [6.45, 7) is 6.16. The molecule has 0 spiro atoms. The molecule has 4 nitrogen and oxygen atoms in total. The van der Waals surface area contributed by atoms with Crippen molar-refractivity contribution in [2.24, 2.45) is 0 Å². The molecule has 2 aromatic carbocycles. The van der Waals surface area contributed by atoms with Gasteiger partial charge in [0.15, 0.2) is 6.61 Å². The number of halogens is 2. The van der Waals surface area contributed by atoms with Gasteiger partial charge in [0.2, 0.25) is 0 Å². The van der Waals surface area contributed by atoms with Crippen molar-refractivity contribution >= 4 is 43.5 Å². The van der Waals surface area contributed by atoms with Gasteiger partial charge in [-0.1, -0.05) is 36.7 Å². The van der Waals surface area contributed by atoms with E-state index < -0.39 is 0 Å². The van der Waals surface area contributed by atoms with Crippen molar-refractivity contribution in [2.75, 3.05) is 11.9 Å². The lowest BCUT2D eigenvalue weighted by Crippen LogP contribution is -2.22. The number of hydrogen-bond donors (Lipinski definition) is 2. The van der Waals surface area contributed by atoms with E-state index in [1.807, 2.05) is 12.1 Å². The molecule has 2 aromatic rings. The van der Waals surface area contributed by atoms with Gasteiger partial charge in [0, 0.05) is 15.7 Å². The Morgan fingerprint density at radius 1 is 1.17 bits per heavy atom. The van der Waals surface area contributed by atoms with Gasteiger partial charge in [-0.05, 0) is 57.7 Å². The van der Waals surface area contributed by atoms with Crippen molar-refractivity contribution in [1.82, 2.24) is 0 Å². The van der Waals surface area contributed by atoms with Crippen LogP contribution >= 0.6 is 31.9 Å². The van der Waals surface area contributed by atoms with Gasteiger partial charge in [0.25, 0.3) is 5.91 Å². The molecule has 128 valence electrons. The maximum absolute atomic E-state index is 12.1. The van der Waals surface area contributed by atoms with Crippen LogP contribution in [-0.2, 0) is 10.2 Å². The second kappa shape index (κ2) is 7.57. The number of amides is 1. The molecule has 0 aliphatic heterocycles. The number of aromatic hydroxyl groups is 1. The number of rotatable bonds is 4. The highest BCUT2D eigenvalue weighted by molar-refractivity contribution is 9.11. The van der Waals surface area contributed by atoms with Gasteiger partial charge < -0.3 is 15.2 Å². The van der Waals surface area contributed by atoms with Crippen molar-refractivity contribution in [2.45, 2.75) is 26.2 Å². The van der Waals surface area contributed by atoms with E-state index >= 15 is 0 Å². The third-order valence-electron chi connectivity index (χ3n) is 3.32. The molecule has 0 saturated heterocycles. The number of ether oxygens (including phenoxy) is 1. The lowest BCUT2D eigenvalue weighted by molar-refractivity contribution is -0.118. The van der Waals surface area contributed by atoms with Crippen molar-refractivity contribution < 1.29 is 14.6 Å². The Hall–Kier alpha value is -1.53. The van der Waals surface area contributed by atoms with Crippen LogP contribution in [0.5, 0.6) is 11.5 Å². The number of nitrogens with one attached hydrogen (secondary N) is 1. The largest absolute Gasteiger partial charge is 0.508 e. The Labute approximate surface area is 158 Å². The Kier molecular flexibility index (Phi) is 5.93. The number of anilines is 1. The Balaban J connectivity index is 2.11. The number of hydrogen-bond acceptors (Lipinski definition) is 3. The summed E-state index contributed by atoms with van der Waals surface area (Å²) in [5.41, 5.74) is 1.48. The molecule has 0 aromatic heterocycles. The zero-order valence-corrected chi connectivity index (χ0v) is 16.9. The van der Waals surface area contributed by atoms with Gasteiger partial charge in [0.1, 0.15) is 11.5 Å². The second-order valence-corrected chi connectivity index (χ2v) is 8.17. The topological polar surface area (TPSA) is 58.6 Å². The summed E-state index contributed by atoms with van der Waals surface area (Å²) in [6, 6.07) is 10.2. The van der Waals surface area contributed by atoms with Gasteiger partial charge in [-0.25, -0.2) is 0 Å². The summed E-state index contributed by atoms with van der Waals surface area (Å²) < 4.78 is 7.51. The summed E-state index contributed by atoms with van der Waals surface area (Å²) in [5.74, 6) is 0.541. The van der Waals surface area contributed by atoms with Crippen molar-refractivity contribution in [3.63, 3.8) is 0 Å². The number of carbonyl (C=O) groups is 1. The summed E-state index contributed by atoms with van der Waals surface area (Å²) in [7, 11) is 0. The van der Waals surface area contributed by atoms with Crippen LogP contribution in [0.15, 0.2) is 45.3 Å². The zero-order valence-electron chi connectivity index (χ0n) is 13.7. The van der Waals surface area contributed by atoms with E-state index in [-0.39, 0.29) is 23.7 Å². The van der Waals surface area contributed by atoms with E-state index in [9.17, 15) is 9.90 Å². The minimum Gasteiger partial charge on any atom is -0.508 e. The molecule has 0 aliphatic carbocycles. The Bertz CT molecular complexity index is 737. The molecule has 2 rings (SSSR count). The summed E-state index contributed by atoms with van der Waals surface area (Å²) in [6.07, 6.45) is 0. The normalized spacial score (nSPS) is 11.2. The van der Waals surface area contributed by atoms with E-state index in [1.54, 1.807) is 12.1 Å². The zero-order chi connectivity index (χ0) is 17.9. The monoisotopic (exact) mass is 455 g/mol. The van der Waals surface area contributed by atoms with Crippen LogP contribution in [0.3, 0.4) is 0 Å². The van der Waals surface area contributed by atoms with Gasteiger partial charge in [0.05, 0.1) is 4.47 Å². The molecule has 0 radical (unpaired) electrons. The molecule has 0 unspecified atom stereocenters. The van der Waals surface area contributed by atoms with Crippen LogP contribution in [0.4, 0.5) is 5.69 Å². The first-order valence-corrected chi connectivity index (χ1v) is 8.96. The number of carbonyl (C=O) groups excluding carboxylic acids is 1. The first kappa shape index (κ1) is 18.8. The molecule has 0 aliphatic rings. The third kappa shape index (κ3) is 4.98. The van der Waals surface area contributed by atoms with Crippen LogP contribution in [0.25, 0.3) is 0 Å². The quantitative estimate of drug-likeness (QED) is 0.619. The van der Waals surface area contributed by atoms with Crippen LogP contribution in [0.2, 0.25) is 0 Å². The van der Waals surface area contributed by atoms with Crippen LogP contribution in [-0.4, -0.2) is 17.6 Å². The minimum absolute atomic E-state index is 0.107. The Morgan fingerprint density at radius 2 is 1.79 bits per heavy atom. The van der Waals surface area contributed by atoms with E-state index in [0.717, 1.165) is 14.5 Å². The smallest absolute Gasteiger partial charge is 0.262 e. The SMILES string of the molecule is CC(C)(C)c1cc(Br)cc(Br)c1OCC(=O)Nc1ccc(O)cc1. The lowest BCUT2D eigenvalue weighted by Gasteiger charge is -2.24. The average molecular weight is 457 g/mol. The minimum atomic E-state index is -0.268. The lowest BCUT2D eigenvalue weighted by atomic mass is 9.86. The number of phenols is 1. The van der Waals surface area contributed by atoms with Crippen molar-refractivity contribution in [3.05, 3.63) is 50.9 Å². The molecular formula is C18H19Br2NO3. The van der Waals surface area contributed by atoms with Crippen LogP contribution in [0.1, 0.15) is 26.3 Å². The molecule has 2 N–H and O–H groups in total. The predicted molar refractivity (Wildman–Crippen MR) is 103 cm³/mol. The fourth-order valence-electron chi connectivity index (χ4n) is 2.14. The fraction of sp³-hybridized carbons (Fsp3) is 0.278. The van der Waals surface area contributed by atoms with Gasteiger partial charge in [-0.2, -0.15) is 0 Å². The van der Waals surface area contributed by atoms with E-state index in [0.29, 0.717) is 11.4 Å². The van der Waals surface area contributed by atoms with Crippen molar-refractivity contribution in [3.8, 4) is 11.5 Å². The molecular weight excluding hydrogens is 438 g/mol. The fourth-order valence-corrected chi connectivity index (χ4v) is 3.48. The van der Waals surface area contributed by atoms with Gasteiger partial charge in [-0.3, -0.25) is 4.79 Å². The maximum Gasteiger partial charge on any atom is 0.262 e. The highest BCUT2D eigenvalue weighted by Gasteiger charge is 2.22. The molecule has 0 bridgehead atoms. The van der Waals surface area contributed by atoms with Crippen LogP contribution < -0.4 is 10.1 Å². The standard InChI is InChI=1S/C18H19Br2NO3/c1-18(2,3)14-8-11(19)9-15(20)17(14)24-10-16(23)21-12-4-6-13(22)7-5-12/h4-9,22H,10H2,1-3H3,(H,21,23). The first-order valence-electron chi connectivity index (χ1n) is 7.38. The molecule has 1 amide bonds. The Morgan fingerprint density at radius 3 is 2.38 bits per heavy atom. The molecule has 6 heteroatoms. The number of benzene rings is 2. The highest BCUT2D eigenvalue weighted by atomic mass is 79.9. The van der Waals surface area contributed by atoms with E-state index in [4.69, 9.17) is 4.74 Å². The molecule has 0 atom stereocenters. The second-order valence-electron chi connectivity index (χ2n) is 6.40. The molecule has 24 heavy (non-hydrogen) atoms. The maximum atomic E-state index is 12.1. The van der Waals surface area contributed by atoms with Crippen molar-refractivity contribution in [1.29, 1.82) is 0 Å². The molecule has 0 saturated carbocycles. The molecule has 0 fully saturated rings. The highest BCUT2D eigenvalue weighted by Crippen LogP contribution is 2.39. The van der Waals surface area contributed by atoms with Gasteiger partial charge in [-0.15, -0.1) is 0 Å². The summed E-state index contributed by atoms with van der Waals surface area (Å²) in [4.78, 5) is 12.1. The predicted octanol–water partition coefficient (Wildman–Crippen LogP) is 5.23. The number of phenolic OH excluding ortho intramolecular Hbond substituents is 1. The average Bonchev–Trinajstić information content (AvgIpc) is 2.47. The summed E-state index contributed by atoms with van der Waals surface area (Å²) in [5, 5.41) is 12.0. The van der Waals surface area contributed by atoms with Gasteiger partial charge >= 0.3 is 0 Å². The van der Waals surface area contributed by atoms with E-state index in [1.165, 1.54) is 12.1 Å². The summed E-state index contributed by atoms with van der Waals surface area (Å²) >= 11 is 6.99. The van der Waals surface area contributed by atoms with E-state index in [2.05, 4.69) is 57.9 Å².